The Kier molecular flexibility index (Phi) is 6.75. The normalized spacial score (nSPS) is 28.2. The lowest BCUT2D eigenvalue weighted by Gasteiger charge is -2.41. The highest BCUT2D eigenvalue weighted by molar-refractivity contribution is 4.88. The van der Waals surface area contributed by atoms with Gasteiger partial charge in [-0.1, -0.05) is 6.92 Å². The minimum absolute atomic E-state index is 0.373. The average Bonchev–Trinajstić information content (AvgIpc) is 2.64. The molecule has 0 saturated carbocycles. The molecular formula is C16H32N2O2. The highest BCUT2D eigenvalue weighted by atomic mass is 16.5. The Morgan fingerprint density at radius 3 is 2.80 bits per heavy atom. The Bertz CT molecular complexity index is 267. The van der Waals surface area contributed by atoms with Crippen molar-refractivity contribution in [1.82, 2.24) is 10.2 Å². The third-order valence-electron chi connectivity index (χ3n) is 4.58. The van der Waals surface area contributed by atoms with E-state index in [1.165, 1.54) is 38.8 Å². The molecule has 0 aliphatic carbocycles. The molecule has 0 amide bonds. The molecule has 4 heteroatoms. The molecule has 0 aromatic heterocycles. The third kappa shape index (κ3) is 4.99. The highest BCUT2D eigenvalue weighted by Crippen LogP contribution is 2.31. The van der Waals surface area contributed by atoms with Crippen molar-refractivity contribution in [3.8, 4) is 0 Å². The molecule has 0 aromatic rings. The van der Waals surface area contributed by atoms with Crippen LogP contribution in [0.25, 0.3) is 0 Å². The van der Waals surface area contributed by atoms with Crippen LogP contribution >= 0.6 is 0 Å². The van der Waals surface area contributed by atoms with Gasteiger partial charge in [-0.15, -0.1) is 0 Å². The first kappa shape index (κ1) is 16.2. The summed E-state index contributed by atoms with van der Waals surface area (Å²) in [6.45, 7) is 12.9. The molecule has 118 valence electrons. The Balaban J connectivity index is 1.91. The van der Waals surface area contributed by atoms with Crippen LogP contribution in [-0.4, -0.2) is 63.5 Å². The Hall–Kier alpha value is -0.160. The molecule has 0 radical (unpaired) electrons. The molecule has 2 saturated heterocycles. The van der Waals surface area contributed by atoms with Crippen molar-refractivity contribution in [3.63, 3.8) is 0 Å². The third-order valence-corrected chi connectivity index (χ3v) is 4.58. The van der Waals surface area contributed by atoms with Crippen molar-refractivity contribution in [2.45, 2.75) is 45.6 Å². The second-order valence-electron chi connectivity index (χ2n) is 6.56. The molecule has 4 nitrogen and oxygen atoms in total. The molecule has 0 spiro atoms. The van der Waals surface area contributed by atoms with Gasteiger partial charge in [-0.05, 0) is 44.6 Å². The Labute approximate surface area is 124 Å². The topological polar surface area (TPSA) is 33.7 Å². The number of nitrogens with zero attached hydrogens (tertiary/aromatic N) is 1. The van der Waals surface area contributed by atoms with Gasteiger partial charge in [-0.3, -0.25) is 0 Å². The smallest absolute Gasteiger partial charge is 0.0673 e. The van der Waals surface area contributed by atoms with Gasteiger partial charge < -0.3 is 19.7 Å². The van der Waals surface area contributed by atoms with Crippen molar-refractivity contribution in [1.29, 1.82) is 0 Å². The standard InChI is InChI=1S/C16H32N2O2/c1-3-7-17-13-16(5-10-19-11-6-16)14-18-8-4-9-20-15(2)12-18/h15,17H,3-14H2,1-2H3. The van der Waals surface area contributed by atoms with E-state index in [0.717, 1.165) is 39.5 Å². The van der Waals surface area contributed by atoms with Crippen molar-refractivity contribution in [3.05, 3.63) is 0 Å². The van der Waals surface area contributed by atoms with Crippen LogP contribution < -0.4 is 5.32 Å². The van der Waals surface area contributed by atoms with E-state index in [2.05, 4.69) is 24.1 Å². The maximum atomic E-state index is 5.77. The molecule has 2 fully saturated rings. The van der Waals surface area contributed by atoms with Gasteiger partial charge in [0.05, 0.1) is 6.10 Å². The first-order chi connectivity index (χ1) is 9.74. The first-order valence-electron chi connectivity index (χ1n) is 8.36. The minimum atomic E-state index is 0.373. The highest BCUT2D eigenvalue weighted by Gasteiger charge is 2.34. The number of hydrogen-bond acceptors (Lipinski definition) is 4. The van der Waals surface area contributed by atoms with E-state index in [1.54, 1.807) is 0 Å². The van der Waals surface area contributed by atoms with Gasteiger partial charge in [0.1, 0.15) is 0 Å². The van der Waals surface area contributed by atoms with Crippen molar-refractivity contribution < 1.29 is 9.47 Å². The van der Waals surface area contributed by atoms with E-state index in [1.807, 2.05) is 0 Å². The lowest BCUT2D eigenvalue weighted by atomic mass is 9.79. The van der Waals surface area contributed by atoms with Gasteiger partial charge in [0.25, 0.3) is 0 Å². The van der Waals surface area contributed by atoms with Gasteiger partial charge in [-0.2, -0.15) is 0 Å². The molecular weight excluding hydrogens is 252 g/mol. The molecule has 2 aliphatic heterocycles. The van der Waals surface area contributed by atoms with Gasteiger partial charge in [-0.25, -0.2) is 0 Å². The van der Waals surface area contributed by atoms with Crippen molar-refractivity contribution >= 4 is 0 Å². The number of rotatable bonds is 6. The molecule has 0 aromatic carbocycles. The molecule has 2 aliphatic rings. The second-order valence-corrected chi connectivity index (χ2v) is 6.56. The summed E-state index contributed by atoms with van der Waals surface area (Å²) in [5.41, 5.74) is 0.400. The molecule has 1 unspecified atom stereocenters. The Morgan fingerprint density at radius 2 is 2.05 bits per heavy atom. The van der Waals surface area contributed by atoms with Gasteiger partial charge >= 0.3 is 0 Å². The van der Waals surface area contributed by atoms with Crippen LogP contribution in [0, 0.1) is 5.41 Å². The van der Waals surface area contributed by atoms with Crippen LogP contribution in [0.3, 0.4) is 0 Å². The van der Waals surface area contributed by atoms with Crippen LogP contribution in [0.15, 0.2) is 0 Å². The first-order valence-corrected chi connectivity index (χ1v) is 8.36. The van der Waals surface area contributed by atoms with E-state index >= 15 is 0 Å². The summed E-state index contributed by atoms with van der Waals surface area (Å²) >= 11 is 0. The molecule has 2 heterocycles. The van der Waals surface area contributed by atoms with Crippen molar-refractivity contribution in [2.75, 3.05) is 52.5 Å². The van der Waals surface area contributed by atoms with Gasteiger partial charge in [0.2, 0.25) is 0 Å². The zero-order valence-electron chi connectivity index (χ0n) is 13.3. The van der Waals surface area contributed by atoms with E-state index < -0.39 is 0 Å². The van der Waals surface area contributed by atoms with Gasteiger partial charge in [0, 0.05) is 46.0 Å². The van der Waals surface area contributed by atoms with E-state index in [4.69, 9.17) is 9.47 Å². The van der Waals surface area contributed by atoms with Crippen molar-refractivity contribution in [2.24, 2.45) is 5.41 Å². The lowest BCUT2D eigenvalue weighted by molar-refractivity contribution is -0.00855. The van der Waals surface area contributed by atoms with Crippen LogP contribution in [-0.2, 0) is 9.47 Å². The zero-order valence-corrected chi connectivity index (χ0v) is 13.3. The average molecular weight is 284 g/mol. The summed E-state index contributed by atoms with van der Waals surface area (Å²) in [5.74, 6) is 0. The van der Waals surface area contributed by atoms with Crippen LogP contribution in [0.2, 0.25) is 0 Å². The molecule has 2 rings (SSSR count). The predicted octanol–water partition coefficient (Wildman–Crippen LogP) is 1.89. The molecule has 0 bridgehead atoms. The maximum Gasteiger partial charge on any atom is 0.0673 e. The molecule has 1 atom stereocenters. The van der Waals surface area contributed by atoms with E-state index in [0.29, 0.717) is 11.5 Å². The monoisotopic (exact) mass is 284 g/mol. The zero-order chi connectivity index (χ0) is 14.3. The van der Waals surface area contributed by atoms with Crippen LogP contribution in [0.4, 0.5) is 0 Å². The van der Waals surface area contributed by atoms with E-state index in [9.17, 15) is 0 Å². The number of hydrogen-bond donors (Lipinski definition) is 1. The van der Waals surface area contributed by atoms with Gasteiger partial charge in [0.15, 0.2) is 0 Å². The fraction of sp³-hybridized carbons (Fsp3) is 1.00. The SMILES string of the molecule is CCCNCC1(CN2CCCOC(C)C2)CCOCC1. The summed E-state index contributed by atoms with van der Waals surface area (Å²) < 4.78 is 11.4. The summed E-state index contributed by atoms with van der Waals surface area (Å²) in [6.07, 6.45) is 5.13. The number of ether oxygens (including phenoxy) is 2. The summed E-state index contributed by atoms with van der Waals surface area (Å²) in [5, 5.41) is 3.65. The molecule has 1 N–H and O–H groups in total. The predicted molar refractivity (Wildman–Crippen MR) is 82.1 cm³/mol. The number of nitrogens with one attached hydrogen (secondary N) is 1. The van der Waals surface area contributed by atoms with E-state index in [-0.39, 0.29) is 0 Å². The largest absolute Gasteiger partial charge is 0.381 e. The lowest BCUT2D eigenvalue weighted by Crippen LogP contribution is -2.48. The molecule has 20 heavy (non-hydrogen) atoms. The summed E-state index contributed by atoms with van der Waals surface area (Å²) in [7, 11) is 0. The summed E-state index contributed by atoms with van der Waals surface area (Å²) in [6, 6.07) is 0. The van der Waals surface area contributed by atoms with Crippen LogP contribution in [0.1, 0.15) is 39.5 Å². The quantitative estimate of drug-likeness (QED) is 0.755. The second kappa shape index (κ2) is 8.32. The minimum Gasteiger partial charge on any atom is -0.381 e. The fourth-order valence-electron chi connectivity index (χ4n) is 3.42. The Morgan fingerprint density at radius 1 is 1.25 bits per heavy atom. The summed E-state index contributed by atoms with van der Waals surface area (Å²) in [4.78, 5) is 2.62. The maximum absolute atomic E-state index is 5.77. The fourth-order valence-corrected chi connectivity index (χ4v) is 3.42. The van der Waals surface area contributed by atoms with Crippen LogP contribution in [0.5, 0.6) is 0 Å².